The zero-order valence-electron chi connectivity index (χ0n) is 12.5. The second-order valence-electron chi connectivity index (χ2n) is 4.80. The molecular weight excluding hydrogens is 337 g/mol. The molecule has 0 bridgehead atoms. The summed E-state index contributed by atoms with van der Waals surface area (Å²) in [6.07, 6.45) is 1.66. The van der Waals surface area contributed by atoms with Gasteiger partial charge in [-0.1, -0.05) is 11.6 Å². The number of benzene rings is 1. The van der Waals surface area contributed by atoms with E-state index in [0.717, 1.165) is 22.8 Å². The fourth-order valence-corrected chi connectivity index (χ4v) is 2.43. The molecule has 0 unspecified atom stereocenters. The topological polar surface area (TPSA) is 47.5 Å². The van der Waals surface area contributed by atoms with Crippen LogP contribution in [0.1, 0.15) is 11.5 Å². The molecule has 0 aliphatic heterocycles. The van der Waals surface area contributed by atoms with Gasteiger partial charge in [-0.3, -0.25) is 0 Å². The van der Waals surface area contributed by atoms with Gasteiger partial charge in [0.25, 0.3) is 0 Å². The Labute approximate surface area is 145 Å². The average Bonchev–Trinajstić information content (AvgIpc) is 3.19. The third-order valence-corrected chi connectivity index (χ3v) is 3.57. The van der Waals surface area contributed by atoms with Crippen LogP contribution in [0.4, 0.5) is 0 Å². The SMILES string of the molecule is COc1ccc(-c2ccc(CNCc3ccco3)o2)cc1Cl.[Cl-]. The summed E-state index contributed by atoms with van der Waals surface area (Å²) in [6.45, 7) is 1.29. The molecule has 4 nitrogen and oxygen atoms in total. The molecule has 0 saturated heterocycles. The molecule has 1 aromatic carbocycles. The molecule has 0 amide bonds. The standard InChI is InChI=1S/C17H16ClNO3.ClH/c1-20-17-6-4-12(9-15(17)18)16-7-5-14(22-16)11-19-10-13-3-2-8-21-13;/h2-9,19H,10-11H2,1H3;1H/p-1. The summed E-state index contributed by atoms with van der Waals surface area (Å²) in [7, 11) is 1.59. The van der Waals surface area contributed by atoms with E-state index in [1.807, 2.05) is 42.5 Å². The van der Waals surface area contributed by atoms with Gasteiger partial charge in [0.15, 0.2) is 0 Å². The highest BCUT2D eigenvalue weighted by Gasteiger charge is 2.08. The Hall–Kier alpha value is -1.88. The minimum absolute atomic E-state index is 0. The molecule has 0 spiro atoms. The first-order chi connectivity index (χ1) is 10.8. The van der Waals surface area contributed by atoms with Crippen molar-refractivity contribution in [3.05, 3.63) is 65.3 Å². The van der Waals surface area contributed by atoms with Gasteiger partial charge in [-0.15, -0.1) is 0 Å². The fourth-order valence-electron chi connectivity index (χ4n) is 2.17. The van der Waals surface area contributed by atoms with Crippen molar-refractivity contribution in [2.24, 2.45) is 0 Å². The number of furan rings is 2. The molecule has 3 rings (SSSR count). The third kappa shape index (κ3) is 4.32. The van der Waals surface area contributed by atoms with E-state index >= 15 is 0 Å². The average molecular weight is 353 g/mol. The highest BCUT2D eigenvalue weighted by Crippen LogP contribution is 2.31. The van der Waals surface area contributed by atoms with Gasteiger partial charge in [-0.05, 0) is 42.5 Å². The van der Waals surface area contributed by atoms with Crippen LogP contribution in [0.15, 0.2) is 57.6 Å². The first-order valence-corrected chi connectivity index (χ1v) is 7.30. The molecule has 2 aromatic heterocycles. The molecule has 2 heterocycles. The van der Waals surface area contributed by atoms with Crippen LogP contribution < -0.4 is 22.5 Å². The third-order valence-electron chi connectivity index (χ3n) is 3.28. The highest BCUT2D eigenvalue weighted by molar-refractivity contribution is 6.32. The number of methoxy groups -OCH3 is 1. The minimum atomic E-state index is 0. The summed E-state index contributed by atoms with van der Waals surface area (Å²) in [5.41, 5.74) is 0.920. The van der Waals surface area contributed by atoms with Crippen molar-refractivity contribution in [1.82, 2.24) is 5.32 Å². The molecule has 0 aliphatic rings. The van der Waals surface area contributed by atoms with E-state index in [4.69, 9.17) is 25.2 Å². The van der Waals surface area contributed by atoms with Gasteiger partial charge in [-0.25, -0.2) is 0 Å². The summed E-state index contributed by atoms with van der Waals surface area (Å²) in [5, 5.41) is 3.83. The molecule has 0 fully saturated rings. The number of rotatable bonds is 6. The van der Waals surface area contributed by atoms with Crippen LogP contribution in [0.3, 0.4) is 0 Å². The molecular formula is C17H16Cl2NO3-. The van der Waals surface area contributed by atoms with Gasteiger partial charge >= 0.3 is 0 Å². The van der Waals surface area contributed by atoms with Crippen LogP contribution in [0.25, 0.3) is 11.3 Å². The minimum Gasteiger partial charge on any atom is -1.00 e. The quantitative estimate of drug-likeness (QED) is 0.730. The lowest BCUT2D eigenvalue weighted by atomic mass is 10.2. The molecule has 23 heavy (non-hydrogen) atoms. The van der Waals surface area contributed by atoms with Crippen LogP contribution in [0.2, 0.25) is 5.02 Å². The van der Waals surface area contributed by atoms with E-state index in [-0.39, 0.29) is 12.4 Å². The Morgan fingerprint density at radius 2 is 1.91 bits per heavy atom. The van der Waals surface area contributed by atoms with E-state index in [9.17, 15) is 0 Å². The Balaban J connectivity index is 0.00000192. The molecule has 0 saturated carbocycles. The summed E-state index contributed by atoms with van der Waals surface area (Å²) < 4.78 is 16.2. The van der Waals surface area contributed by atoms with Crippen LogP contribution in [0, 0.1) is 0 Å². The van der Waals surface area contributed by atoms with E-state index in [1.165, 1.54) is 0 Å². The van der Waals surface area contributed by atoms with Gasteiger partial charge in [-0.2, -0.15) is 0 Å². The monoisotopic (exact) mass is 352 g/mol. The van der Waals surface area contributed by atoms with Gasteiger partial charge in [0.2, 0.25) is 0 Å². The van der Waals surface area contributed by atoms with E-state index in [2.05, 4.69) is 5.32 Å². The van der Waals surface area contributed by atoms with Gasteiger partial charge < -0.3 is 31.3 Å². The molecule has 0 aliphatic carbocycles. The van der Waals surface area contributed by atoms with Gasteiger partial charge in [0.05, 0.1) is 31.5 Å². The van der Waals surface area contributed by atoms with Crippen molar-refractivity contribution in [2.45, 2.75) is 13.1 Å². The molecule has 1 N–H and O–H groups in total. The van der Waals surface area contributed by atoms with Crippen LogP contribution in [-0.2, 0) is 13.1 Å². The first kappa shape index (κ1) is 17.5. The summed E-state index contributed by atoms with van der Waals surface area (Å²) in [5.74, 6) is 3.18. The fraction of sp³-hybridized carbons (Fsp3) is 0.176. The highest BCUT2D eigenvalue weighted by atomic mass is 35.5. The molecule has 3 aromatic rings. The predicted molar refractivity (Wildman–Crippen MR) is 85.0 cm³/mol. The zero-order chi connectivity index (χ0) is 15.4. The Morgan fingerprint density at radius 3 is 2.61 bits per heavy atom. The maximum Gasteiger partial charge on any atom is 0.137 e. The van der Waals surface area contributed by atoms with Crippen LogP contribution in [-0.4, -0.2) is 7.11 Å². The van der Waals surface area contributed by atoms with Crippen LogP contribution >= 0.6 is 11.6 Å². The Kier molecular flexibility index (Phi) is 6.16. The number of ether oxygens (including phenoxy) is 1. The number of hydrogen-bond acceptors (Lipinski definition) is 4. The van der Waals surface area contributed by atoms with E-state index in [1.54, 1.807) is 13.4 Å². The maximum atomic E-state index is 6.14. The summed E-state index contributed by atoms with van der Waals surface area (Å²) >= 11 is 6.14. The Morgan fingerprint density at radius 1 is 1.09 bits per heavy atom. The maximum absolute atomic E-state index is 6.14. The molecule has 0 atom stereocenters. The second kappa shape index (κ2) is 8.11. The lowest BCUT2D eigenvalue weighted by molar-refractivity contribution is -0.00000574. The van der Waals surface area contributed by atoms with Crippen molar-refractivity contribution in [3.63, 3.8) is 0 Å². The number of nitrogens with one attached hydrogen (secondary N) is 1. The zero-order valence-corrected chi connectivity index (χ0v) is 14.0. The summed E-state index contributed by atoms with van der Waals surface area (Å²) in [6, 6.07) is 13.3. The summed E-state index contributed by atoms with van der Waals surface area (Å²) in [4.78, 5) is 0. The lowest BCUT2D eigenvalue weighted by Crippen LogP contribution is -3.00. The van der Waals surface area contributed by atoms with Crippen molar-refractivity contribution in [3.8, 4) is 17.1 Å². The Bertz CT molecular complexity index is 738. The smallest absolute Gasteiger partial charge is 0.137 e. The molecule has 122 valence electrons. The number of hydrogen-bond donors (Lipinski definition) is 1. The predicted octanol–water partition coefficient (Wildman–Crippen LogP) is 1.50. The largest absolute Gasteiger partial charge is 1.00 e. The normalized spacial score (nSPS) is 10.3. The van der Waals surface area contributed by atoms with Crippen molar-refractivity contribution >= 4 is 11.6 Å². The van der Waals surface area contributed by atoms with Crippen molar-refractivity contribution in [2.75, 3.05) is 7.11 Å². The molecule has 6 heteroatoms. The van der Waals surface area contributed by atoms with Crippen molar-refractivity contribution in [1.29, 1.82) is 0 Å². The van der Waals surface area contributed by atoms with Crippen LogP contribution in [0.5, 0.6) is 5.75 Å². The molecule has 0 radical (unpaired) electrons. The van der Waals surface area contributed by atoms with E-state index < -0.39 is 0 Å². The first-order valence-electron chi connectivity index (χ1n) is 6.92. The van der Waals surface area contributed by atoms with Gasteiger partial charge in [0, 0.05) is 5.56 Å². The van der Waals surface area contributed by atoms with Crippen molar-refractivity contribution < 1.29 is 26.0 Å². The lowest BCUT2D eigenvalue weighted by Gasteiger charge is -2.04. The van der Waals surface area contributed by atoms with Gasteiger partial charge in [0.1, 0.15) is 23.0 Å². The number of halogens is 2. The van der Waals surface area contributed by atoms with E-state index in [0.29, 0.717) is 23.9 Å². The second-order valence-corrected chi connectivity index (χ2v) is 5.21.